The number of hydrogen-bond acceptors (Lipinski definition) is 8. The number of alkyl halides is 3. The van der Waals surface area contributed by atoms with E-state index in [2.05, 4.69) is 4.98 Å². The van der Waals surface area contributed by atoms with Gasteiger partial charge in [0.15, 0.2) is 6.10 Å². The van der Waals surface area contributed by atoms with Crippen molar-refractivity contribution in [2.45, 2.75) is 12.3 Å². The van der Waals surface area contributed by atoms with E-state index in [9.17, 15) is 27.6 Å². The molecule has 1 fully saturated rings. The number of aromatic amines is 1. The molecule has 1 aromatic heterocycles. The summed E-state index contributed by atoms with van der Waals surface area (Å²) in [4.78, 5) is 40.8. The number of carbonyl (C=O) groups is 2. The van der Waals surface area contributed by atoms with Gasteiger partial charge in [0.1, 0.15) is 13.2 Å². The van der Waals surface area contributed by atoms with Crippen LogP contribution >= 0.6 is 0 Å². The molecule has 10 nitrogen and oxygen atoms in total. The van der Waals surface area contributed by atoms with E-state index in [0.29, 0.717) is 24.3 Å². The molecule has 1 aliphatic rings. The number of cyclic esters (lactones) is 1. The Morgan fingerprint density at radius 1 is 1.05 bits per heavy atom. The van der Waals surface area contributed by atoms with Crippen LogP contribution in [-0.4, -0.2) is 70.0 Å². The number of carbonyl (C=O) groups excluding carboxylic acids is 2. The van der Waals surface area contributed by atoms with E-state index in [1.807, 2.05) is 0 Å². The molecular formula is C26H25F3N2O8. The minimum Gasteiger partial charge on any atom is -0.440 e. The van der Waals surface area contributed by atoms with E-state index >= 15 is 0 Å². The van der Waals surface area contributed by atoms with Crippen LogP contribution in [0.1, 0.15) is 5.56 Å². The summed E-state index contributed by atoms with van der Waals surface area (Å²) in [6, 6.07) is 10.9. The van der Waals surface area contributed by atoms with Crippen molar-refractivity contribution in [2.75, 3.05) is 51.6 Å². The molecule has 0 aliphatic carbocycles. The zero-order valence-electron chi connectivity index (χ0n) is 20.8. The smallest absolute Gasteiger partial charge is 0.440 e. The largest absolute Gasteiger partial charge is 0.508 e. The first kappa shape index (κ1) is 27.9. The lowest BCUT2D eigenvalue weighted by Gasteiger charge is -2.15. The molecule has 3 aromatic rings. The molecule has 0 unspecified atom stereocenters. The second-order valence-corrected chi connectivity index (χ2v) is 8.46. The number of pyridine rings is 1. The molecule has 39 heavy (non-hydrogen) atoms. The molecule has 1 amide bonds. The van der Waals surface area contributed by atoms with Crippen LogP contribution in [0.3, 0.4) is 0 Å². The van der Waals surface area contributed by atoms with E-state index in [4.69, 9.17) is 23.7 Å². The molecule has 13 heteroatoms. The van der Waals surface area contributed by atoms with Crippen LogP contribution in [0.15, 0.2) is 53.3 Å². The summed E-state index contributed by atoms with van der Waals surface area (Å²) in [5.41, 5.74) is -1.30. The van der Waals surface area contributed by atoms with Crippen molar-refractivity contribution in [3.8, 4) is 11.3 Å². The number of amides is 1. The molecule has 1 atom stereocenters. The molecule has 208 valence electrons. The number of hydrogen-bond donors (Lipinski definition) is 1. The molecule has 0 radical (unpaired) electrons. The highest BCUT2D eigenvalue weighted by atomic mass is 19.4. The standard InChI is InChI=1S/C26H25F3N2O8/c1-35-8-9-36-10-11-37-25(34)38-15-18-14-31(24(33)39-18)17-7-6-16-12-22(30-23(32)20(16)13-17)19-4-2-3-5-21(19)26(27,28)29/h2-7,12-13,18H,8-11,14-15H2,1H3,(H,30,32)/t18-/m0/s1. The Hall–Kier alpha value is -4.10. The maximum absolute atomic E-state index is 13.5. The quantitative estimate of drug-likeness (QED) is 0.293. The summed E-state index contributed by atoms with van der Waals surface area (Å²) in [5, 5.41) is 0.556. The number of methoxy groups -OCH3 is 1. The van der Waals surface area contributed by atoms with Gasteiger partial charge in [-0.25, -0.2) is 9.59 Å². The van der Waals surface area contributed by atoms with Crippen LogP contribution in [0, 0.1) is 0 Å². The summed E-state index contributed by atoms with van der Waals surface area (Å²) >= 11 is 0. The van der Waals surface area contributed by atoms with E-state index in [1.165, 1.54) is 48.4 Å². The van der Waals surface area contributed by atoms with Crippen molar-refractivity contribution < 1.29 is 46.4 Å². The minimum atomic E-state index is -4.60. The summed E-state index contributed by atoms with van der Waals surface area (Å²) in [6.45, 7) is 0.707. The molecule has 0 saturated carbocycles. The number of halogens is 3. The second kappa shape index (κ2) is 12.2. The van der Waals surface area contributed by atoms with Crippen LogP contribution in [0.2, 0.25) is 0 Å². The zero-order valence-corrected chi connectivity index (χ0v) is 20.8. The van der Waals surface area contributed by atoms with E-state index in [0.717, 1.165) is 6.07 Å². The number of nitrogens with zero attached hydrogens (tertiary/aromatic N) is 1. The van der Waals surface area contributed by atoms with Gasteiger partial charge in [-0.1, -0.05) is 24.3 Å². The first-order valence-electron chi connectivity index (χ1n) is 11.9. The molecule has 1 aliphatic heterocycles. The second-order valence-electron chi connectivity index (χ2n) is 8.46. The number of nitrogens with one attached hydrogen (secondary N) is 1. The predicted octanol–water partition coefficient (Wildman–Crippen LogP) is 4.36. The average Bonchev–Trinajstić information content (AvgIpc) is 3.29. The first-order valence-corrected chi connectivity index (χ1v) is 11.9. The molecule has 0 bridgehead atoms. The monoisotopic (exact) mass is 550 g/mol. The van der Waals surface area contributed by atoms with Gasteiger partial charge in [-0.3, -0.25) is 9.69 Å². The van der Waals surface area contributed by atoms with E-state index in [1.54, 1.807) is 6.07 Å². The number of H-pyrrole nitrogens is 1. The summed E-state index contributed by atoms with van der Waals surface area (Å²) in [6.07, 6.45) is -7.04. The van der Waals surface area contributed by atoms with Crippen LogP contribution in [0.5, 0.6) is 0 Å². The van der Waals surface area contributed by atoms with Gasteiger partial charge in [-0.05, 0) is 29.7 Å². The Bertz CT molecular complexity index is 1390. The number of ether oxygens (including phenoxy) is 5. The van der Waals surface area contributed by atoms with Gasteiger partial charge in [0.25, 0.3) is 5.56 Å². The third kappa shape index (κ3) is 6.86. The summed E-state index contributed by atoms with van der Waals surface area (Å²) in [5.74, 6) is 0. The third-order valence-electron chi connectivity index (χ3n) is 5.80. The summed E-state index contributed by atoms with van der Waals surface area (Å²) < 4.78 is 65.5. The maximum Gasteiger partial charge on any atom is 0.508 e. The Kier molecular flexibility index (Phi) is 8.72. The highest BCUT2D eigenvalue weighted by molar-refractivity contribution is 5.94. The fraction of sp³-hybridized carbons (Fsp3) is 0.346. The van der Waals surface area contributed by atoms with Gasteiger partial charge in [-0.15, -0.1) is 0 Å². The fourth-order valence-corrected chi connectivity index (χ4v) is 3.98. The van der Waals surface area contributed by atoms with Gasteiger partial charge < -0.3 is 28.7 Å². The van der Waals surface area contributed by atoms with Gasteiger partial charge in [0.05, 0.1) is 31.9 Å². The van der Waals surface area contributed by atoms with Crippen LogP contribution in [0.25, 0.3) is 22.0 Å². The molecule has 1 N–H and O–H groups in total. The number of benzene rings is 2. The van der Waals surface area contributed by atoms with Gasteiger partial charge in [-0.2, -0.15) is 13.2 Å². The van der Waals surface area contributed by atoms with Crippen molar-refractivity contribution in [3.63, 3.8) is 0 Å². The average molecular weight is 550 g/mol. The van der Waals surface area contributed by atoms with Gasteiger partial charge in [0, 0.05) is 29.4 Å². The van der Waals surface area contributed by atoms with Crippen LogP contribution < -0.4 is 10.5 Å². The third-order valence-corrected chi connectivity index (χ3v) is 5.80. The highest BCUT2D eigenvalue weighted by Gasteiger charge is 2.35. The Morgan fingerprint density at radius 3 is 2.59 bits per heavy atom. The number of aromatic nitrogens is 1. The van der Waals surface area contributed by atoms with Crippen molar-refractivity contribution in [2.24, 2.45) is 0 Å². The fourth-order valence-electron chi connectivity index (χ4n) is 3.98. The van der Waals surface area contributed by atoms with Gasteiger partial charge in [0.2, 0.25) is 0 Å². The lowest BCUT2D eigenvalue weighted by molar-refractivity contribution is -0.137. The van der Waals surface area contributed by atoms with Crippen LogP contribution in [0.4, 0.5) is 28.4 Å². The Labute approximate surface area is 220 Å². The number of fused-ring (bicyclic) bond motifs is 1. The zero-order chi connectivity index (χ0) is 28.0. The van der Waals surface area contributed by atoms with E-state index < -0.39 is 35.7 Å². The van der Waals surface area contributed by atoms with Gasteiger partial charge >= 0.3 is 18.4 Å². The number of anilines is 1. The minimum absolute atomic E-state index is 0.0133. The normalized spacial score (nSPS) is 15.4. The molecule has 1 saturated heterocycles. The maximum atomic E-state index is 13.5. The first-order chi connectivity index (χ1) is 18.7. The van der Waals surface area contributed by atoms with E-state index in [-0.39, 0.29) is 43.0 Å². The highest BCUT2D eigenvalue weighted by Crippen LogP contribution is 2.36. The summed E-state index contributed by atoms with van der Waals surface area (Å²) in [7, 11) is 1.54. The Morgan fingerprint density at radius 2 is 1.82 bits per heavy atom. The van der Waals surface area contributed by atoms with Crippen molar-refractivity contribution in [1.82, 2.24) is 4.98 Å². The lowest BCUT2D eigenvalue weighted by Crippen LogP contribution is -2.27. The van der Waals surface area contributed by atoms with Crippen molar-refractivity contribution in [1.29, 1.82) is 0 Å². The molecule has 4 rings (SSSR count). The lowest BCUT2D eigenvalue weighted by atomic mass is 10.0. The SMILES string of the molecule is COCCOCCOC(=O)OC[C@@H]1CN(c2ccc3cc(-c4ccccc4C(F)(F)F)[nH]c(=O)c3c2)C(=O)O1. The molecule has 0 spiro atoms. The molecular weight excluding hydrogens is 525 g/mol. The predicted molar refractivity (Wildman–Crippen MR) is 133 cm³/mol. The van der Waals surface area contributed by atoms with Crippen LogP contribution in [-0.2, 0) is 29.9 Å². The number of rotatable bonds is 10. The Balaban J connectivity index is 1.41. The molecule has 2 heterocycles. The van der Waals surface area contributed by atoms with Crippen molar-refractivity contribution in [3.05, 3.63) is 64.4 Å². The van der Waals surface area contributed by atoms with Crippen molar-refractivity contribution >= 4 is 28.7 Å². The molecule has 2 aromatic carbocycles. The topological polar surface area (TPSA) is 116 Å².